The molecule has 0 aromatic heterocycles. The minimum atomic E-state index is -4.19. The van der Waals surface area contributed by atoms with Crippen LogP contribution in [0.4, 0.5) is 0 Å². The number of likely N-dealkylation sites (tertiary alicyclic amines) is 1. The number of hydrogen-bond donors (Lipinski definition) is 0. The van der Waals surface area contributed by atoms with E-state index in [0.717, 1.165) is 5.56 Å². The zero-order valence-corrected chi connectivity index (χ0v) is 19.9. The Balaban J connectivity index is 1.56. The fraction of sp³-hybridized carbons (Fsp3) is 0.435. The molecule has 34 heavy (non-hydrogen) atoms. The highest BCUT2D eigenvalue weighted by molar-refractivity contribution is 7.82. The van der Waals surface area contributed by atoms with Crippen molar-refractivity contribution in [3.8, 4) is 17.2 Å². The number of nitrogens with zero attached hydrogens (tertiary/aromatic N) is 1. The minimum absolute atomic E-state index is 0.0399. The number of benzene rings is 2. The molecule has 2 aliphatic rings. The predicted octanol–water partition coefficient (Wildman–Crippen LogP) is 1.93. The number of hydrogen-bond acceptors (Lipinski definition) is 9. The largest absolute Gasteiger partial charge is 0.497 e. The molecule has 2 aliphatic heterocycles. The number of ether oxygens (including phenoxy) is 4. The van der Waals surface area contributed by atoms with E-state index in [1.807, 2.05) is 12.1 Å². The standard InChI is InChI=1S/C23H27NO9S/c1-15(25)24-12-21-23(33-34(26,27)32-21)22(31-13-16-4-6-17(28-2)7-5-16)20(24)14-30-19-10-8-18(29-3)9-11-19/h4-11,20-23H,12-14H2,1-3H3/t20-,21+,22+,23+/m1/s1. The van der Waals surface area contributed by atoms with Gasteiger partial charge in [-0.2, -0.15) is 8.42 Å². The molecule has 0 aliphatic carbocycles. The number of amides is 1. The molecule has 0 spiro atoms. The Bertz CT molecular complexity index is 1090. The van der Waals surface area contributed by atoms with Gasteiger partial charge in [0.15, 0.2) is 0 Å². The van der Waals surface area contributed by atoms with E-state index in [0.29, 0.717) is 17.2 Å². The first-order chi connectivity index (χ1) is 16.3. The number of piperidine rings is 1. The Hall–Kier alpha value is -2.86. The number of carbonyl (C=O) groups is 1. The third-order valence-electron chi connectivity index (χ3n) is 5.80. The van der Waals surface area contributed by atoms with E-state index < -0.39 is 34.8 Å². The smallest absolute Gasteiger partial charge is 0.400 e. The van der Waals surface area contributed by atoms with E-state index in [9.17, 15) is 13.2 Å². The summed E-state index contributed by atoms with van der Waals surface area (Å²) in [6, 6.07) is 13.7. The summed E-state index contributed by atoms with van der Waals surface area (Å²) in [4.78, 5) is 14.0. The van der Waals surface area contributed by atoms with Gasteiger partial charge < -0.3 is 23.8 Å². The fourth-order valence-electron chi connectivity index (χ4n) is 4.07. The summed E-state index contributed by atoms with van der Waals surface area (Å²) in [5, 5.41) is 0. The molecule has 0 N–H and O–H groups in total. The molecule has 2 saturated heterocycles. The summed E-state index contributed by atoms with van der Waals surface area (Å²) >= 11 is 0. The summed E-state index contributed by atoms with van der Waals surface area (Å²) in [6.45, 7) is 1.67. The molecule has 4 rings (SSSR count). The Morgan fingerprint density at radius 3 is 2.15 bits per heavy atom. The second-order valence-electron chi connectivity index (χ2n) is 7.95. The number of fused-ring (bicyclic) bond motifs is 1. The van der Waals surface area contributed by atoms with Crippen LogP contribution in [0.25, 0.3) is 0 Å². The molecular weight excluding hydrogens is 466 g/mol. The first-order valence-corrected chi connectivity index (χ1v) is 12.0. The summed E-state index contributed by atoms with van der Waals surface area (Å²) in [7, 11) is -1.04. The Labute approximate surface area is 198 Å². The second-order valence-corrected chi connectivity index (χ2v) is 9.15. The summed E-state index contributed by atoms with van der Waals surface area (Å²) < 4.78 is 56.9. The van der Waals surface area contributed by atoms with Crippen molar-refractivity contribution in [3.05, 3.63) is 54.1 Å². The van der Waals surface area contributed by atoms with Crippen LogP contribution in [0, 0.1) is 0 Å². The lowest BCUT2D eigenvalue weighted by Gasteiger charge is -2.44. The van der Waals surface area contributed by atoms with Crippen molar-refractivity contribution < 1.29 is 40.5 Å². The van der Waals surface area contributed by atoms with Crippen molar-refractivity contribution in [3.63, 3.8) is 0 Å². The minimum Gasteiger partial charge on any atom is -0.497 e. The number of methoxy groups -OCH3 is 2. The van der Waals surface area contributed by atoms with Gasteiger partial charge in [-0.3, -0.25) is 4.79 Å². The molecule has 2 aromatic rings. The van der Waals surface area contributed by atoms with Gasteiger partial charge in [0.1, 0.15) is 42.2 Å². The van der Waals surface area contributed by atoms with Crippen LogP contribution in [0.1, 0.15) is 12.5 Å². The van der Waals surface area contributed by atoms with E-state index in [4.69, 9.17) is 27.3 Å². The maximum absolute atomic E-state index is 12.5. The summed E-state index contributed by atoms with van der Waals surface area (Å²) in [6.07, 6.45) is -2.60. The average Bonchev–Trinajstić information content (AvgIpc) is 3.15. The monoisotopic (exact) mass is 493 g/mol. The van der Waals surface area contributed by atoms with E-state index in [1.54, 1.807) is 50.6 Å². The van der Waals surface area contributed by atoms with Gasteiger partial charge in [0.05, 0.1) is 33.4 Å². The lowest BCUT2D eigenvalue weighted by molar-refractivity contribution is -0.157. The van der Waals surface area contributed by atoms with Gasteiger partial charge in [0.2, 0.25) is 5.91 Å². The van der Waals surface area contributed by atoms with Crippen LogP contribution in [-0.4, -0.2) is 70.9 Å². The van der Waals surface area contributed by atoms with Crippen molar-refractivity contribution in [2.24, 2.45) is 0 Å². The maximum Gasteiger partial charge on any atom is 0.400 e. The highest BCUT2D eigenvalue weighted by Crippen LogP contribution is 2.34. The molecule has 1 amide bonds. The molecule has 0 bridgehead atoms. The maximum atomic E-state index is 12.5. The van der Waals surface area contributed by atoms with Gasteiger partial charge in [0.25, 0.3) is 0 Å². The fourth-order valence-corrected chi connectivity index (χ4v) is 5.10. The van der Waals surface area contributed by atoms with Crippen LogP contribution in [0.5, 0.6) is 17.2 Å². The van der Waals surface area contributed by atoms with Crippen molar-refractivity contribution in [2.75, 3.05) is 27.4 Å². The summed E-state index contributed by atoms with van der Waals surface area (Å²) in [5.74, 6) is 1.69. The number of carbonyl (C=O) groups excluding carboxylic acids is 1. The zero-order chi connectivity index (χ0) is 24.3. The van der Waals surface area contributed by atoms with Crippen molar-refractivity contribution in [2.45, 2.75) is 37.9 Å². The van der Waals surface area contributed by atoms with Crippen LogP contribution in [-0.2, 0) is 34.9 Å². The average molecular weight is 494 g/mol. The molecular formula is C23H27NO9S. The highest BCUT2D eigenvalue weighted by Gasteiger charge is 2.54. The molecule has 2 fully saturated rings. The highest BCUT2D eigenvalue weighted by atomic mass is 32.3. The van der Waals surface area contributed by atoms with Gasteiger partial charge in [0, 0.05) is 6.92 Å². The second kappa shape index (κ2) is 10.2. The van der Waals surface area contributed by atoms with Gasteiger partial charge in [-0.25, -0.2) is 8.37 Å². The van der Waals surface area contributed by atoms with Crippen LogP contribution in [0.15, 0.2) is 48.5 Å². The van der Waals surface area contributed by atoms with E-state index in [2.05, 4.69) is 0 Å². The molecule has 0 radical (unpaired) electrons. The van der Waals surface area contributed by atoms with Crippen molar-refractivity contribution >= 4 is 16.3 Å². The Kier molecular flexibility index (Phi) is 7.27. The Morgan fingerprint density at radius 2 is 1.56 bits per heavy atom. The van der Waals surface area contributed by atoms with Crippen molar-refractivity contribution in [1.82, 2.24) is 4.90 Å². The summed E-state index contributed by atoms with van der Waals surface area (Å²) in [5.41, 5.74) is 0.842. The predicted molar refractivity (Wildman–Crippen MR) is 120 cm³/mol. The third-order valence-corrected chi connectivity index (χ3v) is 6.74. The molecule has 2 aromatic carbocycles. The zero-order valence-electron chi connectivity index (χ0n) is 19.1. The van der Waals surface area contributed by atoms with Crippen LogP contribution in [0.3, 0.4) is 0 Å². The molecule has 2 heterocycles. The van der Waals surface area contributed by atoms with Gasteiger partial charge in [-0.05, 0) is 42.0 Å². The van der Waals surface area contributed by atoms with E-state index >= 15 is 0 Å². The van der Waals surface area contributed by atoms with Crippen LogP contribution >= 0.6 is 0 Å². The first-order valence-electron chi connectivity index (χ1n) is 10.7. The normalized spacial score (nSPS) is 25.4. The lowest BCUT2D eigenvalue weighted by Crippen LogP contribution is -2.63. The molecule has 4 atom stereocenters. The molecule has 0 saturated carbocycles. The third kappa shape index (κ3) is 5.44. The molecule has 11 heteroatoms. The van der Waals surface area contributed by atoms with Gasteiger partial charge in [-0.1, -0.05) is 12.1 Å². The molecule has 0 unspecified atom stereocenters. The van der Waals surface area contributed by atoms with Gasteiger partial charge >= 0.3 is 10.4 Å². The van der Waals surface area contributed by atoms with Gasteiger partial charge in [-0.15, -0.1) is 0 Å². The van der Waals surface area contributed by atoms with Crippen molar-refractivity contribution in [1.29, 1.82) is 0 Å². The molecule has 10 nitrogen and oxygen atoms in total. The van der Waals surface area contributed by atoms with E-state index in [1.165, 1.54) is 11.8 Å². The number of rotatable bonds is 8. The quantitative estimate of drug-likeness (QED) is 0.545. The van der Waals surface area contributed by atoms with Crippen LogP contribution < -0.4 is 14.2 Å². The SMILES string of the molecule is COc1ccc(CO[C@@H]2[C@H]3OS(=O)(=O)O[C@H]3CN(C(C)=O)[C@@H]2COc2ccc(OC)cc2)cc1. The Morgan fingerprint density at radius 1 is 0.971 bits per heavy atom. The lowest BCUT2D eigenvalue weighted by atomic mass is 9.93. The first kappa shape index (κ1) is 24.3. The molecule has 184 valence electrons. The topological polar surface area (TPSA) is 110 Å². The van der Waals surface area contributed by atoms with Crippen LogP contribution in [0.2, 0.25) is 0 Å². The van der Waals surface area contributed by atoms with E-state index in [-0.39, 0.29) is 25.7 Å².